The topological polar surface area (TPSA) is 26.3 Å². The van der Waals surface area contributed by atoms with Gasteiger partial charge in [0.25, 0.3) is 0 Å². The first-order chi connectivity index (χ1) is 7.77. The molecule has 0 fully saturated rings. The van der Waals surface area contributed by atoms with Crippen molar-refractivity contribution in [3.63, 3.8) is 0 Å². The standard InChI is InChI=1S/C13H12O2S/c1-10(11-6-3-2-4-7-11)13(14)15-12-8-5-9-16-12/h2-10H,1H3/t10-/m0/s1. The Morgan fingerprint density at radius 3 is 2.56 bits per heavy atom. The van der Waals surface area contributed by atoms with Crippen molar-refractivity contribution in [1.29, 1.82) is 0 Å². The summed E-state index contributed by atoms with van der Waals surface area (Å²) in [4.78, 5) is 11.8. The zero-order valence-electron chi connectivity index (χ0n) is 8.92. The minimum absolute atomic E-state index is 0.214. The lowest BCUT2D eigenvalue weighted by molar-refractivity contribution is -0.135. The van der Waals surface area contributed by atoms with E-state index in [1.54, 1.807) is 6.07 Å². The molecule has 16 heavy (non-hydrogen) atoms. The molecule has 0 radical (unpaired) electrons. The number of rotatable bonds is 3. The Morgan fingerprint density at radius 1 is 1.19 bits per heavy atom. The summed E-state index contributed by atoms with van der Waals surface area (Å²) in [6.07, 6.45) is 0. The van der Waals surface area contributed by atoms with Crippen molar-refractivity contribution in [3.05, 3.63) is 53.4 Å². The maximum absolute atomic E-state index is 11.8. The Balaban J connectivity index is 2.05. The van der Waals surface area contributed by atoms with Crippen LogP contribution in [0.3, 0.4) is 0 Å². The number of thiophene rings is 1. The van der Waals surface area contributed by atoms with Crippen LogP contribution < -0.4 is 4.74 Å². The molecular formula is C13H12O2S. The molecule has 1 atom stereocenters. The number of ether oxygens (including phenoxy) is 1. The van der Waals surface area contributed by atoms with Gasteiger partial charge in [0.1, 0.15) is 0 Å². The quantitative estimate of drug-likeness (QED) is 0.757. The smallest absolute Gasteiger partial charge is 0.319 e. The molecule has 3 heteroatoms. The normalized spacial score (nSPS) is 12.1. The molecule has 0 bridgehead atoms. The lowest BCUT2D eigenvalue weighted by Crippen LogP contribution is -2.15. The second-order valence-corrected chi connectivity index (χ2v) is 4.40. The van der Waals surface area contributed by atoms with E-state index < -0.39 is 0 Å². The lowest BCUT2D eigenvalue weighted by Gasteiger charge is -2.09. The Kier molecular flexibility index (Phi) is 3.37. The first kappa shape index (κ1) is 10.9. The number of carbonyl (C=O) groups is 1. The Morgan fingerprint density at radius 2 is 1.94 bits per heavy atom. The molecule has 0 aliphatic rings. The first-order valence-electron chi connectivity index (χ1n) is 5.07. The molecule has 0 amide bonds. The van der Waals surface area contributed by atoms with E-state index in [-0.39, 0.29) is 11.9 Å². The van der Waals surface area contributed by atoms with Crippen molar-refractivity contribution in [2.75, 3.05) is 0 Å². The van der Waals surface area contributed by atoms with Gasteiger partial charge in [-0.05, 0) is 30.0 Å². The van der Waals surface area contributed by atoms with Crippen molar-refractivity contribution in [1.82, 2.24) is 0 Å². The van der Waals surface area contributed by atoms with Crippen molar-refractivity contribution >= 4 is 17.3 Å². The van der Waals surface area contributed by atoms with Gasteiger partial charge >= 0.3 is 5.97 Å². The average molecular weight is 232 g/mol. The van der Waals surface area contributed by atoms with Gasteiger partial charge in [0, 0.05) is 0 Å². The van der Waals surface area contributed by atoms with Crippen LogP contribution in [0, 0.1) is 0 Å². The maximum atomic E-state index is 11.8. The van der Waals surface area contributed by atoms with Gasteiger partial charge in [0.05, 0.1) is 5.92 Å². The molecule has 0 aliphatic carbocycles. The van der Waals surface area contributed by atoms with E-state index in [2.05, 4.69) is 0 Å². The zero-order chi connectivity index (χ0) is 11.4. The van der Waals surface area contributed by atoms with Crippen LogP contribution in [-0.2, 0) is 4.79 Å². The van der Waals surface area contributed by atoms with Gasteiger partial charge in [0.15, 0.2) is 5.06 Å². The highest BCUT2D eigenvalue weighted by Gasteiger charge is 2.17. The molecule has 2 aromatic rings. The SMILES string of the molecule is C[C@H](C(=O)Oc1cccs1)c1ccccc1. The van der Waals surface area contributed by atoms with E-state index in [1.165, 1.54) is 11.3 Å². The van der Waals surface area contributed by atoms with E-state index in [1.807, 2.05) is 48.7 Å². The molecule has 0 saturated heterocycles. The fourth-order valence-electron chi connectivity index (χ4n) is 1.39. The third-order valence-electron chi connectivity index (χ3n) is 2.35. The number of esters is 1. The van der Waals surface area contributed by atoms with E-state index in [9.17, 15) is 4.79 Å². The van der Waals surface area contributed by atoms with Gasteiger partial charge < -0.3 is 4.74 Å². The van der Waals surface area contributed by atoms with Gasteiger partial charge in [-0.15, -0.1) is 11.3 Å². The molecule has 1 aromatic carbocycles. The molecule has 0 aliphatic heterocycles. The summed E-state index contributed by atoms with van der Waals surface area (Å²) in [5, 5.41) is 2.53. The highest BCUT2D eigenvalue weighted by molar-refractivity contribution is 7.11. The molecule has 0 saturated carbocycles. The van der Waals surface area contributed by atoms with Gasteiger partial charge in [0.2, 0.25) is 0 Å². The Hall–Kier alpha value is -1.61. The summed E-state index contributed by atoms with van der Waals surface area (Å²) in [6, 6.07) is 13.3. The molecule has 2 nitrogen and oxygen atoms in total. The lowest BCUT2D eigenvalue weighted by atomic mass is 10.0. The summed E-state index contributed by atoms with van der Waals surface area (Å²) >= 11 is 1.42. The number of benzene rings is 1. The minimum Gasteiger partial charge on any atom is -0.415 e. The fourth-order valence-corrected chi connectivity index (χ4v) is 1.97. The van der Waals surface area contributed by atoms with Gasteiger partial charge in [-0.3, -0.25) is 4.79 Å². The predicted octanol–water partition coefficient (Wildman–Crippen LogP) is 3.46. The van der Waals surface area contributed by atoms with Crippen LogP contribution in [0.2, 0.25) is 0 Å². The highest BCUT2D eigenvalue weighted by Crippen LogP contribution is 2.22. The van der Waals surface area contributed by atoms with Crippen LogP contribution in [0.5, 0.6) is 5.06 Å². The highest BCUT2D eigenvalue weighted by atomic mass is 32.1. The van der Waals surface area contributed by atoms with Gasteiger partial charge in [-0.25, -0.2) is 0 Å². The number of hydrogen-bond acceptors (Lipinski definition) is 3. The van der Waals surface area contributed by atoms with Crippen LogP contribution >= 0.6 is 11.3 Å². The van der Waals surface area contributed by atoms with Crippen molar-refractivity contribution in [2.24, 2.45) is 0 Å². The summed E-state index contributed by atoms with van der Waals surface area (Å²) in [5.74, 6) is -0.447. The average Bonchev–Trinajstić information content (AvgIpc) is 2.82. The molecular weight excluding hydrogens is 220 g/mol. The molecule has 0 unspecified atom stereocenters. The summed E-state index contributed by atoms with van der Waals surface area (Å²) in [5.41, 5.74) is 0.976. The molecule has 1 heterocycles. The van der Waals surface area contributed by atoms with Crippen LogP contribution in [0.4, 0.5) is 0 Å². The monoisotopic (exact) mass is 232 g/mol. The Bertz CT molecular complexity index is 448. The van der Waals surface area contributed by atoms with Gasteiger partial charge in [-0.2, -0.15) is 0 Å². The van der Waals surface area contributed by atoms with E-state index >= 15 is 0 Å². The van der Waals surface area contributed by atoms with Crippen LogP contribution in [0.15, 0.2) is 47.8 Å². The van der Waals surface area contributed by atoms with Crippen molar-refractivity contribution in [2.45, 2.75) is 12.8 Å². The van der Waals surface area contributed by atoms with E-state index in [4.69, 9.17) is 4.74 Å². The zero-order valence-corrected chi connectivity index (χ0v) is 9.74. The largest absolute Gasteiger partial charge is 0.415 e. The summed E-state index contributed by atoms with van der Waals surface area (Å²) in [6.45, 7) is 1.85. The number of carbonyl (C=O) groups excluding carboxylic acids is 1. The van der Waals surface area contributed by atoms with Crippen LogP contribution in [-0.4, -0.2) is 5.97 Å². The van der Waals surface area contributed by atoms with Crippen LogP contribution in [0.1, 0.15) is 18.4 Å². The third-order valence-corrected chi connectivity index (χ3v) is 3.09. The van der Waals surface area contributed by atoms with E-state index in [0.717, 1.165) is 5.56 Å². The fraction of sp³-hybridized carbons (Fsp3) is 0.154. The van der Waals surface area contributed by atoms with E-state index in [0.29, 0.717) is 5.06 Å². The third kappa shape index (κ3) is 2.49. The summed E-state index contributed by atoms with van der Waals surface area (Å²) < 4.78 is 5.25. The second kappa shape index (κ2) is 4.94. The molecule has 2 rings (SSSR count). The first-order valence-corrected chi connectivity index (χ1v) is 5.95. The maximum Gasteiger partial charge on any atom is 0.319 e. The molecule has 1 aromatic heterocycles. The summed E-state index contributed by atoms with van der Waals surface area (Å²) in [7, 11) is 0. The predicted molar refractivity (Wildman–Crippen MR) is 64.8 cm³/mol. The molecule has 82 valence electrons. The Labute approximate surface area is 98.5 Å². The molecule has 0 N–H and O–H groups in total. The van der Waals surface area contributed by atoms with Crippen molar-refractivity contribution < 1.29 is 9.53 Å². The van der Waals surface area contributed by atoms with Crippen LogP contribution in [0.25, 0.3) is 0 Å². The number of hydrogen-bond donors (Lipinski definition) is 0. The van der Waals surface area contributed by atoms with Crippen molar-refractivity contribution in [3.8, 4) is 5.06 Å². The second-order valence-electron chi connectivity index (χ2n) is 3.49. The van der Waals surface area contributed by atoms with Gasteiger partial charge in [-0.1, -0.05) is 30.3 Å². The molecule has 0 spiro atoms. The minimum atomic E-state index is -0.233.